The van der Waals surface area contributed by atoms with Gasteiger partial charge in [0.25, 0.3) is 0 Å². The van der Waals surface area contributed by atoms with Gasteiger partial charge < -0.3 is 4.90 Å². The molecule has 0 saturated carbocycles. The van der Waals surface area contributed by atoms with Gasteiger partial charge in [-0.2, -0.15) is 5.26 Å². The van der Waals surface area contributed by atoms with Gasteiger partial charge in [-0.1, -0.05) is 42.5 Å². The molecule has 22 heavy (non-hydrogen) atoms. The van der Waals surface area contributed by atoms with E-state index in [9.17, 15) is 0 Å². The highest BCUT2D eigenvalue weighted by Crippen LogP contribution is 2.11. The van der Waals surface area contributed by atoms with Gasteiger partial charge in [0.2, 0.25) is 0 Å². The summed E-state index contributed by atoms with van der Waals surface area (Å²) in [5.74, 6) is 0. The van der Waals surface area contributed by atoms with E-state index in [0.29, 0.717) is 0 Å². The zero-order valence-corrected chi connectivity index (χ0v) is 13.4. The molecule has 0 spiro atoms. The maximum atomic E-state index is 9.04. The van der Waals surface area contributed by atoms with Gasteiger partial charge in [-0.25, -0.2) is 0 Å². The number of nitrogens with zero attached hydrogens (tertiary/aromatic N) is 3. The zero-order chi connectivity index (χ0) is 15.8. The average Bonchev–Trinajstić information content (AvgIpc) is 2.54. The summed E-state index contributed by atoms with van der Waals surface area (Å²) in [5.41, 5.74) is 3.23. The van der Waals surface area contributed by atoms with E-state index in [0.717, 1.165) is 31.7 Å². The van der Waals surface area contributed by atoms with Crippen molar-refractivity contribution in [1.29, 1.82) is 5.26 Å². The summed E-state index contributed by atoms with van der Waals surface area (Å²) in [6.45, 7) is 3.80. The zero-order valence-electron chi connectivity index (χ0n) is 13.4. The van der Waals surface area contributed by atoms with Gasteiger partial charge in [0, 0.05) is 26.2 Å². The molecule has 114 valence electrons. The van der Waals surface area contributed by atoms with Crippen LogP contribution in [0.4, 0.5) is 0 Å². The molecule has 3 nitrogen and oxygen atoms in total. The number of benzene rings is 2. The van der Waals surface area contributed by atoms with Crippen molar-refractivity contribution in [1.82, 2.24) is 9.80 Å². The second kappa shape index (κ2) is 8.33. The van der Waals surface area contributed by atoms with Crippen molar-refractivity contribution in [3.63, 3.8) is 0 Å². The molecule has 0 aliphatic rings. The second-order valence-electron chi connectivity index (χ2n) is 5.81. The first-order valence-corrected chi connectivity index (χ1v) is 7.57. The quantitative estimate of drug-likeness (QED) is 0.785. The van der Waals surface area contributed by atoms with Crippen LogP contribution < -0.4 is 0 Å². The fraction of sp³-hybridized carbons (Fsp3) is 0.316. The number of nitriles is 1. The van der Waals surface area contributed by atoms with Gasteiger partial charge >= 0.3 is 0 Å². The lowest BCUT2D eigenvalue weighted by Gasteiger charge is -2.24. The van der Waals surface area contributed by atoms with Crippen LogP contribution in [0.25, 0.3) is 0 Å². The van der Waals surface area contributed by atoms with Gasteiger partial charge in [-0.15, -0.1) is 0 Å². The highest BCUT2D eigenvalue weighted by atomic mass is 15.2. The van der Waals surface area contributed by atoms with E-state index < -0.39 is 0 Å². The third-order valence-electron chi connectivity index (χ3n) is 3.57. The van der Waals surface area contributed by atoms with E-state index in [2.05, 4.69) is 60.3 Å². The van der Waals surface area contributed by atoms with E-state index >= 15 is 0 Å². The lowest BCUT2D eigenvalue weighted by molar-refractivity contribution is 0.226. The summed E-state index contributed by atoms with van der Waals surface area (Å²) < 4.78 is 0. The Balaban J connectivity index is 2.08. The van der Waals surface area contributed by atoms with Crippen LogP contribution in [0.15, 0.2) is 54.6 Å². The predicted octanol–water partition coefficient (Wildman–Crippen LogP) is 3.12. The average molecular weight is 293 g/mol. The molecule has 0 fully saturated rings. The molecule has 0 heterocycles. The molecule has 0 aliphatic carbocycles. The summed E-state index contributed by atoms with van der Waals surface area (Å²) in [4.78, 5) is 4.62. The molecule has 2 rings (SSSR count). The largest absolute Gasteiger partial charge is 0.308 e. The highest BCUT2D eigenvalue weighted by Gasteiger charge is 2.08. The van der Waals surface area contributed by atoms with Crippen LogP contribution in [0.5, 0.6) is 0 Å². The molecular weight excluding hydrogens is 270 g/mol. The first-order chi connectivity index (χ1) is 10.7. The molecule has 0 saturated heterocycles. The minimum absolute atomic E-state index is 0.727. The van der Waals surface area contributed by atoms with Crippen LogP contribution in [-0.4, -0.2) is 37.0 Å². The number of hydrogen-bond donors (Lipinski definition) is 0. The smallest absolute Gasteiger partial charge is 0.0991 e. The van der Waals surface area contributed by atoms with E-state index in [-0.39, 0.29) is 0 Å². The van der Waals surface area contributed by atoms with Crippen molar-refractivity contribution < 1.29 is 0 Å². The molecular formula is C19H23N3. The van der Waals surface area contributed by atoms with E-state index in [1.54, 1.807) is 0 Å². The van der Waals surface area contributed by atoms with Crippen LogP contribution in [0.3, 0.4) is 0 Å². The molecule has 0 amide bonds. The lowest BCUT2D eigenvalue weighted by atomic mass is 10.1. The van der Waals surface area contributed by atoms with Gasteiger partial charge in [0.15, 0.2) is 0 Å². The Bertz CT molecular complexity index is 614. The molecule has 2 aromatic rings. The van der Waals surface area contributed by atoms with E-state index in [4.69, 9.17) is 5.26 Å². The van der Waals surface area contributed by atoms with Gasteiger partial charge in [-0.3, -0.25) is 4.90 Å². The van der Waals surface area contributed by atoms with Crippen LogP contribution in [0.2, 0.25) is 0 Å². The Morgan fingerprint density at radius 2 is 1.55 bits per heavy atom. The maximum absolute atomic E-state index is 9.04. The van der Waals surface area contributed by atoms with E-state index in [1.807, 2.05) is 24.3 Å². The fourth-order valence-corrected chi connectivity index (χ4v) is 2.39. The Morgan fingerprint density at radius 3 is 2.23 bits per heavy atom. The van der Waals surface area contributed by atoms with Crippen molar-refractivity contribution in [2.75, 3.05) is 27.2 Å². The Kier molecular flexibility index (Phi) is 6.14. The van der Waals surface area contributed by atoms with Gasteiger partial charge in [0.1, 0.15) is 0 Å². The molecule has 0 aliphatic heterocycles. The monoisotopic (exact) mass is 293 g/mol. The Morgan fingerprint density at radius 1 is 0.864 bits per heavy atom. The van der Waals surface area contributed by atoms with E-state index in [1.165, 1.54) is 11.1 Å². The lowest BCUT2D eigenvalue weighted by Crippen LogP contribution is -2.31. The number of likely N-dealkylation sites (N-methyl/N-ethyl adjacent to an activating group) is 1. The molecule has 0 aromatic heterocycles. The topological polar surface area (TPSA) is 30.3 Å². The van der Waals surface area contributed by atoms with Crippen LogP contribution >= 0.6 is 0 Å². The molecule has 0 bridgehead atoms. The van der Waals surface area contributed by atoms with Crippen LogP contribution in [-0.2, 0) is 13.1 Å². The highest BCUT2D eigenvalue weighted by molar-refractivity contribution is 5.32. The first kappa shape index (κ1) is 16.2. The summed E-state index contributed by atoms with van der Waals surface area (Å²) >= 11 is 0. The summed E-state index contributed by atoms with van der Waals surface area (Å²) in [6.07, 6.45) is 0. The predicted molar refractivity (Wildman–Crippen MR) is 90.3 cm³/mol. The standard InChI is InChI=1S/C19H23N3/c1-21(2)11-12-22(15-17-7-4-3-5-8-17)16-19-10-6-9-18(13-19)14-20/h3-10,13H,11-12,15-16H2,1-2H3. The molecule has 0 radical (unpaired) electrons. The Labute approximate surface area is 133 Å². The van der Waals surface area contributed by atoms with Gasteiger partial charge in [-0.05, 0) is 37.4 Å². The van der Waals surface area contributed by atoms with Crippen molar-refractivity contribution in [2.45, 2.75) is 13.1 Å². The molecule has 0 N–H and O–H groups in total. The summed E-state index contributed by atoms with van der Waals surface area (Å²) in [5, 5.41) is 9.04. The fourth-order valence-electron chi connectivity index (χ4n) is 2.39. The molecule has 0 atom stereocenters. The SMILES string of the molecule is CN(C)CCN(Cc1ccccc1)Cc1cccc(C#N)c1. The maximum Gasteiger partial charge on any atom is 0.0991 e. The summed E-state index contributed by atoms with van der Waals surface area (Å²) in [7, 11) is 4.19. The molecule has 3 heteroatoms. The third kappa shape index (κ3) is 5.33. The minimum Gasteiger partial charge on any atom is -0.308 e. The van der Waals surface area contributed by atoms with Crippen molar-refractivity contribution in [3.05, 3.63) is 71.3 Å². The van der Waals surface area contributed by atoms with Crippen molar-refractivity contribution in [2.24, 2.45) is 0 Å². The van der Waals surface area contributed by atoms with Crippen molar-refractivity contribution in [3.8, 4) is 6.07 Å². The second-order valence-corrected chi connectivity index (χ2v) is 5.81. The molecule has 2 aromatic carbocycles. The van der Waals surface area contributed by atoms with Gasteiger partial charge in [0.05, 0.1) is 11.6 Å². The number of hydrogen-bond acceptors (Lipinski definition) is 3. The first-order valence-electron chi connectivity index (χ1n) is 7.57. The third-order valence-corrected chi connectivity index (χ3v) is 3.57. The molecule has 0 unspecified atom stereocenters. The minimum atomic E-state index is 0.727. The number of rotatable bonds is 7. The van der Waals surface area contributed by atoms with Crippen LogP contribution in [0.1, 0.15) is 16.7 Å². The van der Waals surface area contributed by atoms with Crippen LogP contribution in [0, 0.1) is 11.3 Å². The normalized spacial score (nSPS) is 10.9. The summed E-state index contributed by atoms with van der Waals surface area (Å²) in [6, 6.07) is 20.6. The van der Waals surface area contributed by atoms with Crippen molar-refractivity contribution >= 4 is 0 Å². The Hall–Kier alpha value is -2.15.